The number of carbonyl (C=O) groups is 2. The zero-order valence-electron chi connectivity index (χ0n) is 23.0. The Morgan fingerprint density at radius 3 is 2.59 bits per heavy atom. The average molecular weight is 519 g/mol. The van der Waals surface area contributed by atoms with E-state index in [1.807, 2.05) is 24.9 Å². The van der Waals surface area contributed by atoms with Gasteiger partial charge in [0.15, 0.2) is 0 Å². The molecule has 1 aliphatic carbocycles. The van der Waals surface area contributed by atoms with Crippen LogP contribution >= 0.6 is 0 Å². The highest BCUT2D eigenvalue weighted by Gasteiger charge is 2.41. The molecule has 1 aromatic carbocycles. The Morgan fingerprint density at radius 2 is 1.92 bits per heavy atom. The first-order chi connectivity index (χ1) is 17.7. The van der Waals surface area contributed by atoms with Crippen molar-refractivity contribution < 1.29 is 19.1 Å². The van der Waals surface area contributed by atoms with Crippen molar-refractivity contribution in [3.05, 3.63) is 35.1 Å². The first-order valence-electron chi connectivity index (χ1n) is 14.2. The molecule has 3 amide bonds. The second-order valence-electron chi connectivity index (χ2n) is 11.3. The van der Waals surface area contributed by atoms with Crippen LogP contribution in [-0.2, 0) is 10.4 Å². The van der Waals surface area contributed by atoms with Gasteiger partial charge in [0.1, 0.15) is 5.82 Å². The van der Waals surface area contributed by atoms with Crippen LogP contribution in [0.3, 0.4) is 0 Å². The van der Waals surface area contributed by atoms with Gasteiger partial charge < -0.3 is 26.0 Å². The number of hydrogen-bond donors (Lipinski definition) is 4. The molecule has 2 fully saturated rings. The molecule has 4 N–H and O–H groups in total. The molecular weight excluding hydrogens is 471 g/mol. The van der Waals surface area contributed by atoms with Crippen molar-refractivity contribution in [2.24, 2.45) is 11.8 Å². The molecule has 1 saturated heterocycles. The van der Waals surface area contributed by atoms with Crippen molar-refractivity contribution in [2.45, 2.75) is 89.7 Å². The number of likely N-dealkylation sites (N-methyl/N-ethyl adjacent to an activating group) is 1. The SMILES string of the molecule is CNCC(CC1CCCCC1)NC(=O)N1CCC[C@@H]([C@@](O)(CCCNC(C)=O)c2cc(C)cc(F)c2)C1. The van der Waals surface area contributed by atoms with E-state index in [-0.39, 0.29) is 29.7 Å². The monoisotopic (exact) mass is 518 g/mol. The van der Waals surface area contributed by atoms with E-state index in [0.29, 0.717) is 44.0 Å². The molecule has 0 spiro atoms. The van der Waals surface area contributed by atoms with Crippen molar-refractivity contribution in [1.82, 2.24) is 20.9 Å². The molecule has 208 valence electrons. The fourth-order valence-electron chi connectivity index (χ4n) is 6.27. The summed E-state index contributed by atoms with van der Waals surface area (Å²) in [6, 6.07) is 4.70. The second-order valence-corrected chi connectivity index (χ2v) is 11.3. The maximum atomic E-state index is 14.4. The zero-order chi connectivity index (χ0) is 26.8. The molecule has 37 heavy (non-hydrogen) atoms. The summed E-state index contributed by atoms with van der Waals surface area (Å²) in [5.41, 5.74) is 0.000255. The number of likely N-dealkylation sites (tertiary alicyclic amines) is 1. The number of benzene rings is 1. The Hall–Kier alpha value is -2.19. The number of urea groups is 1. The van der Waals surface area contributed by atoms with Crippen molar-refractivity contribution in [1.29, 1.82) is 0 Å². The summed E-state index contributed by atoms with van der Waals surface area (Å²) in [6.45, 7) is 5.51. The number of aryl methyl sites for hydroxylation is 1. The molecule has 2 aliphatic rings. The molecule has 1 aromatic rings. The summed E-state index contributed by atoms with van der Waals surface area (Å²) in [5, 5.41) is 21.3. The van der Waals surface area contributed by atoms with Gasteiger partial charge in [-0.15, -0.1) is 0 Å². The van der Waals surface area contributed by atoms with Crippen LogP contribution in [0.1, 0.15) is 82.3 Å². The highest BCUT2D eigenvalue weighted by molar-refractivity contribution is 5.74. The molecule has 1 unspecified atom stereocenters. The smallest absolute Gasteiger partial charge is 0.317 e. The number of aliphatic hydroxyl groups is 1. The molecule has 0 radical (unpaired) electrons. The summed E-state index contributed by atoms with van der Waals surface area (Å²) in [5.74, 6) is -0.0636. The molecule has 7 nitrogen and oxygen atoms in total. The van der Waals surface area contributed by atoms with Crippen LogP contribution < -0.4 is 16.0 Å². The van der Waals surface area contributed by atoms with Gasteiger partial charge in [0.2, 0.25) is 5.91 Å². The third-order valence-corrected chi connectivity index (χ3v) is 8.16. The first-order valence-corrected chi connectivity index (χ1v) is 14.2. The minimum absolute atomic E-state index is 0.0726. The number of hydrogen-bond acceptors (Lipinski definition) is 4. The zero-order valence-corrected chi connectivity index (χ0v) is 23.0. The fraction of sp³-hybridized carbons (Fsp3) is 0.724. The lowest BCUT2D eigenvalue weighted by Crippen LogP contribution is -2.54. The van der Waals surface area contributed by atoms with Crippen molar-refractivity contribution in [2.75, 3.05) is 33.2 Å². The lowest BCUT2D eigenvalue weighted by Gasteiger charge is -2.43. The third kappa shape index (κ3) is 8.67. The summed E-state index contributed by atoms with van der Waals surface area (Å²) in [4.78, 5) is 26.5. The van der Waals surface area contributed by atoms with Crippen LogP contribution in [0.15, 0.2) is 18.2 Å². The topological polar surface area (TPSA) is 93.7 Å². The van der Waals surface area contributed by atoms with E-state index in [2.05, 4.69) is 16.0 Å². The van der Waals surface area contributed by atoms with E-state index in [4.69, 9.17) is 0 Å². The fourth-order valence-corrected chi connectivity index (χ4v) is 6.27. The summed E-state index contributed by atoms with van der Waals surface area (Å²) in [7, 11) is 1.92. The summed E-state index contributed by atoms with van der Waals surface area (Å²) in [6.07, 6.45) is 9.78. The Labute approximate surface area is 222 Å². The molecule has 0 aromatic heterocycles. The van der Waals surface area contributed by atoms with Gasteiger partial charge >= 0.3 is 6.03 Å². The van der Waals surface area contributed by atoms with Crippen LogP contribution in [0, 0.1) is 24.6 Å². The molecule has 0 bridgehead atoms. The van der Waals surface area contributed by atoms with Gasteiger partial charge in [-0.25, -0.2) is 9.18 Å². The Kier molecular flexibility index (Phi) is 11.2. The normalized spacial score (nSPS) is 21.2. The minimum atomic E-state index is -1.29. The Balaban J connectivity index is 1.71. The van der Waals surface area contributed by atoms with Gasteiger partial charge in [0.05, 0.1) is 5.60 Å². The molecule has 1 aliphatic heterocycles. The van der Waals surface area contributed by atoms with E-state index < -0.39 is 5.60 Å². The van der Waals surface area contributed by atoms with Crippen LogP contribution in [0.5, 0.6) is 0 Å². The second kappa shape index (κ2) is 14.1. The number of carbonyl (C=O) groups excluding carboxylic acids is 2. The number of piperidine rings is 1. The largest absolute Gasteiger partial charge is 0.385 e. The average Bonchev–Trinajstić information content (AvgIpc) is 2.86. The molecule has 3 atom stereocenters. The molecular formula is C29H47FN4O3. The number of nitrogens with one attached hydrogen (secondary N) is 3. The van der Waals surface area contributed by atoms with E-state index in [0.717, 1.165) is 31.4 Å². The maximum absolute atomic E-state index is 14.4. The van der Waals surface area contributed by atoms with Gasteiger partial charge in [-0.2, -0.15) is 0 Å². The van der Waals surface area contributed by atoms with Gasteiger partial charge in [-0.3, -0.25) is 4.79 Å². The molecule has 8 heteroatoms. The van der Waals surface area contributed by atoms with E-state index in [1.54, 1.807) is 0 Å². The van der Waals surface area contributed by atoms with Crippen LogP contribution in [0.4, 0.5) is 9.18 Å². The number of halogens is 1. The van der Waals surface area contributed by atoms with Gasteiger partial charge in [-0.1, -0.05) is 38.2 Å². The van der Waals surface area contributed by atoms with Crippen molar-refractivity contribution >= 4 is 11.9 Å². The summed E-state index contributed by atoms with van der Waals surface area (Å²) >= 11 is 0. The lowest BCUT2D eigenvalue weighted by atomic mass is 9.74. The lowest BCUT2D eigenvalue weighted by molar-refractivity contribution is -0.119. The summed E-state index contributed by atoms with van der Waals surface area (Å²) < 4.78 is 14.4. The predicted octanol–water partition coefficient (Wildman–Crippen LogP) is 4.22. The predicted molar refractivity (Wildman–Crippen MR) is 145 cm³/mol. The van der Waals surface area contributed by atoms with Crippen molar-refractivity contribution in [3.8, 4) is 0 Å². The molecule has 1 heterocycles. The number of amides is 3. The maximum Gasteiger partial charge on any atom is 0.317 e. The Morgan fingerprint density at radius 1 is 1.16 bits per heavy atom. The van der Waals surface area contributed by atoms with Gasteiger partial charge in [-0.05, 0) is 75.3 Å². The highest BCUT2D eigenvalue weighted by Crippen LogP contribution is 2.40. The van der Waals surface area contributed by atoms with Crippen LogP contribution in [0.25, 0.3) is 0 Å². The standard InChI is InChI=1S/C29H47FN4O3/c1-21-15-25(18-26(30)16-21)29(37,12-8-13-32-22(2)35)24-11-7-14-34(20-24)28(36)33-27(19-31-3)17-23-9-5-4-6-10-23/h15-16,18,23-24,27,31,37H,4-14,17,19-20H2,1-3H3,(H,32,35)(H,33,36)/t24-,27?,29+/m1/s1. The molecule has 1 saturated carbocycles. The number of nitrogens with zero attached hydrogens (tertiary/aromatic N) is 1. The quantitative estimate of drug-likeness (QED) is 0.330. The van der Waals surface area contributed by atoms with E-state index in [1.165, 1.54) is 51.2 Å². The number of rotatable bonds is 11. The van der Waals surface area contributed by atoms with E-state index >= 15 is 0 Å². The Bertz CT molecular complexity index is 872. The van der Waals surface area contributed by atoms with Gasteiger partial charge in [0.25, 0.3) is 0 Å². The van der Waals surface area contributed by atoms with Gasteiger partial charge in [0, 0.05) is 45.1 Å². The van der Waals surface area contributed by atoms with Crippen molar-refractivity contribution in [3.63, 3.8) is 0 Å². The highest BCUT2D eigenvalue weighted by atomic mass is 19.1. The van der Waals surface area contributed by atoms with E-state index in [9.17, 15) is 19.1 Å². The van der Waals surface area contributed by atoms with Crippen LogP contribution in [-0.4, -0.2) is 61.2 Å². The third-order valence-electron chi connectivity index (χ3n) is 8.16. The first kappa shape index (κ1) is 29.4. The van der Waals surface area contributed by atoms with Crippen LogP contribution in [0.2, 0.25) is 0 Å². The minimum Gasteiger partial charge on any atom is -0.385 e. The molecule has 3 rings (SSSR count).